The number of anilines is 1. The molecular weight excluding hydrogens is 418 g/mol. The van der Waals surface area contributed by atoms with Gasteiger partial charge in [-0.05, 0) is 38.8 Å². The minimum Gasteiger partial charge on any atom is -0.383 e. The number of nitrogens with zero attached hydrogens (tertiary/aromatic N) is 6. The minimum atomic E-state index is -0.0563. The van der Waals surface area contributed by atoms with E-state index in [1.807, 2.05) is 23.1 Å². The topological polar surface area (TPSA) is 116 Å². The summed E-state index contributed by atoms with van der Waals surface area (Å²) < 4.78 is 7.94. The third-order valence-corrected chi connectivity index (χ3v) is 6.54. The molecule has 1 aliphatic heterocycles. The molecule has 5 heterocycles. The molecule has 4 aromatic rings. The molecule has 168 valence electrons. The largest absolute Gasteiger partial charge is 0.383 e. The van der Waals surface area contributed by atoms with Crippen molar-refractivity contribution in [2.45, 2.75) is 51.6 Å². The van der Waals surface area contributed by atoms with E-state index < -0.39 is 0 Å². The van der Waals surface area contributed by atoms with Crippen molar-refractivity contribution < 1.29 is 9.32 Å². The summed E-state index contributed by atoms with van der Waals surface area (Å²) >= 11 is 0. The minimum absolute atomic E-state index is 0.0563. The van der Waals surface area contributed by atoms with E-state index in [1.54, 1.807) is 6.20 Å². The van der Waals surface area contributed by atoms with E-state index in [0.29, 0.717) is 42.3 Å². The van der Waals surface area contributed by atoms with Gasteiger partial charge in [0.05, 0.1) is 11.9 Å². The fourth-order valence-corrected chi connectivity index (χ4v) is 4.86. The molecule has 1 amide bonds. The van der Waals surface area contributed by atoms with Crippen LogP contribution in [0.5, 0.6) is 0 Å². The van der Waals surface area contributed by atoms with Gasteiger partial charge in [-0.3, -0.25) is 9.78 Å². The van der Waals surface area contributed by atoms with Gasteiger partial charge in [0.2, 0.25) is 0 Å². The van der Waals surface area contributed by atoms with Crippen molar-refractivity contribution in [1.29, 1.82) is 0 Å². The van der Waals surface area contributed by atoms with Crippen LogP contribution in [0.4, 0.5) is 5.82 Å². The Hall–Kier alpha value is -3.75. The lowest BCUT2D eigenvalue weighted by Crippen LogP contribution is -2.33. The molecule has 0 saturated heterocycles. The lowest BCUT2D eigenvalue weighted by molar-refractivity contribution is 0.0741. The standard InChI is InChI=1S/C24H25N7O2/c1-13(2)31-16-11-30(10-8-15-5-3-4-9-26-15)24(32)19-20(29-33-21(19)14-6-7-14)17(16)18-22(25)27-12-28-23(18)31/h3-5,9,12-14H,6-8,10-11H2,1-2H3,(H2,25,27,28). The predicted octanol–water partition coefficient (Wildman–Crippen LogP) is 3.72. The van der Waals surface area contributed by atoms with Gasteiger partial charge in [0.25, 0.3) is 5.91 Å². The highest BCUT2D eigenvalue weighted by molar-refractivity contribution is 6.09. The summed E-state index contributed by atoms with van der Waals surface area (Å²) in [6.07, 6.45) is 5.94. The van der Waals surface area contributed by atoms with Gasteiger partial charge in [-0.25, -0.2) is 9.97 Å². The number of carbonyl (C=O) groups excluding carboxylic acids is 1. The van der Waals surface area contributed by atoms with Crippen LogP contribution in [0.2, 0.25) is 0 Å². The number of aromatic nitrogens is 5. The summed E-state index contributed by atoms with van der Waals surface area (Å²) in [5.41, 5.74) is 10.9. The maximum Gasteiger partial charge on any atom is 0.260 e. The summed E-state index contributed by atoms with van der Waals surface area (Å²) in [7, 11) is 0. The third kappa shape index (κ3) is 3.10. The summed E-state index contributed by atoms with van der Waals surface area (Å²) in [5.74, 6) is 1.26. The summed E-state index contributed by atoms with van der Waals surface area (Å²) in [4.78, 5) is 29.0. The van der Waals surface area contributed by atoms with E-state index in [0.717, 1.165) is 40.8 Å². The van der Waals surface area contributed by atoms with E-state index >= 15 is 0 Å². The maximum absolute atomic E-state index is 13.9. The van der Waals surface area contributed by atoms with Gasteiger partial charge in [0, 0.05) is 48.1 Å². The van der Waals surface area contributed by atoms with Crippen LogP contribution in [0.15, 0.2) is 35.2 Å². The average Bonchev–Trinajstić information content (AvgIpc) is 3.49. The number of carbonyl (C=O) groups is 1. The first-order chi connectivity index (χ1) is 16.0. The lowest BCUT2D eigenvalue weighted by atomic mass is 10.0. The van der Waals surface area contributed by atoms with Crippen molar-refractivity contribution in [2.24, 2.45) is 0 Å². The van der Waals surface area contributed by atoms with Crippen molar-refractivity contribution in [3.05, 3.63) is 53.4 Å². The molecule has 1 fully saturated rings. The molecule has 0 radical (unpaired) electrons. The van der Waals surface area contributed by atoms with Crippen LogP contribution in [-0.2, 0) is 13.0 Å². The first-order valence-electron chi connectivity index (χ1n) is 11.4. The molecule has 0 aromatic carbocycles. The van der Waals surface area contributed by atoms with Gasteiger partial charge in [-0.2, -0.15) is 0 Å². The molecule has 6 rings (SSSR count). The molecule has 2 N–H and O–H groups in total. The zero-order valence-corrected chi connectivity index (χ0v) is 18.7. The van der Waals surface area contributed by atoms with Crippen LogP contribution < -0.4 is 5.73 Å². The Kier molecular flexibility index (Phi) is 4.46. The number of hydrogen-bond donors (Lipinski definition) is 1. The van der Waals surface area contributed by atoms with Crippen LogP contribution in [0.25, 0.3) is 22.3 Å². The fourth-order valence-electron chi connectivity index (χ4n) is 4.86. The van der Waals surface area contributed by atoms with Gasteiger partial charge in [0.1, 0.15) is 29.0 Å². The number of nitrogens with two attached hydrogens (primary N) is 1. The second-order valence-electron chi connectivity index (χ2n) is 9.09. The number of fused-ring (bicyclic) bond motifs is 5. The Morgan fingerprint density at radius 3 is 2.76 bits per heavy atom. The predicted molar refractivity (Wildman–Crippen MR) is 122 cm³/mol. The van der Waals surface area contributed by atoms with Crippen LogP contribution in [0.3, 0.4) is 0 Å². The Morgan fingerprint density at radius 2 is 2.03 bits per heavy atom. The normalized spacial score (nSPS) is 15.7. The van der Waals surface area contributed by atoms with Crippen molar-refractivity contribution in [1.82, 2.24) is 29.6 Å². The Balaban J connectivity index is 1.56. The number of hydrogen-bond acceptors (Lipinski definition) is 7. The molecule has 9 heteroatoms. The van der Waals surface area contributed by atoms with E-state index in [-0.39, 0.29) is 17.9 Å². The van der Waals surface area contributed by atoms with Gasteiger partial charge < -0.3 is 19.7 Å². The number of nitrogen functional groups attached to an aromatic ring is 1. The molecule has 4 aromatic heterocycles. The van der Waals surface area contributed by atoms with Gasteiger partial charge in [0.15, 0.2) is 5.76 Å². The molecule has 2 aliphatic rings. The monoisotopic (exact) mass is 443 g/mol. The quantitative estimate of drug-likeness (QED) is 0.500. The first-order valence-corrected chi connectivity index (χ1v) is 11.4. The van der Waals surface area contributed by atoms with Crippen molar-refractivity contribution >= 4 is 22.8 Å². The highest BCUT2D eigenvalue weighted by atomic mass is 16.5. The summed E-state index contributed by atoms with van der Waals surface area (Å²) in [6, 6.07) is 5.95. The van der Waals surface area contributed by atoms with E-state index in [1.165, 1.54) is 6.33 Å². The Bertz CT molecular complexity index is 1370. The average molecular weight is 444 g/mol. The smallest absolute Gasteiger partial charge is 0.260 e. The van der Waals surface area contributed by atoms with E-state index in [4.69, 9.17) is 10.3 Å². The van der Waals surface area contributed by atoms with Gasteiger partial charge >= 0.3 is 0 Å². The van der Waals surface area contributed by atoms with Gasteiger partial charge in [-0.15, -0.1) is 0 Å². The number of pyridine rings is 1. The van der Waals surface area contributed by atoms with Crippen molar-refractivity contribution in [2.75, 3.05) is 12.3 Å². The Labute approximate surface area is 190 Å². The molecule has 1 saturated carbocycles. The zero-order chi connectivity index (χ0) is 22.7. The highest BCUT2D eigenvalue weighted by Gasteiger charge is 2.41. The molecule has 0 spiro atoms. The lowest BCUT2D eigenvalue weighted by Gasteiger charge is -2.23. The Morgan fingerprint density at radius 1 is 1.18 bits per heavy atom. The molecular formula is C24H25N7O2. The van der Waals surface area contributed by atoms with E-state index in [9.17, 15) is 4.79 Å². The summed E-state index contributed by atoms with van der Waals surface area (Å²) in [6.45, 7) is 5.16. The summed E-state index contributed by atoms with van der Waals surface area (Å²) in [5, 5.41) is 5.16. The fraction of sp³-hybridized carbons (Fsp3) is 0.375. The highest BCUT2D eigenvalue weighted by Crippen LogP contribution is 2.48. The zero-order valence-electron chi connectivity index (χ0n) is 18.7. The molecule has 9 nitrogen and oxygen atoms in total. The SMILES string of the molecule is CC(C)n1c2c(c3c(N)ncnc31)-c1noc(C3CC3)c1C(=O)N(CCc1ccccn1)C2. The van der Waals surface area contributed by atoms with Crippen LogP contribution >= 0.6 is 0 Å². The van der Waals surface area contributed by atoms with Gasteiger partial charge in [-0.1, -0.05) is 11.2 Å². The van der Waals surface area contributed by atoms with Crippen molar-refractivity contribution in [3.8, 4) is 11.3 Å². The van der Waals surface area contributed by atoms with Crippen LogP contribution in [0, 0.1) is 0 Å². The second kappa shape index (κ2) is 7.40. The molecule has 0 bridgehead atoms. The third-order valence-electron chi connectivity index (χ3n) is 6.54. The molecule has 0 unspecified atom stereocenters. The van der Waals surface area contributed by atoms with Crippen molar-refractivity contribution in [3.63, 3.8) is 0 Å². The number of rotatable bonds is 5. The molecule has 0 atom stereocenters. The van der Waals surface area contributed by atoms with Crippen LogP contribution in [-0.4, -0.2) is 42.0 Å². The number of amides is 1. The molecule has 33 heavy (non-hydrogen) atoms. The first kappa shape index (κ1) is 19.9. The van der Waals surface area contributed by atoms with Crippen LogP contribution in [0.1, 0.15) is 66.2 Å². The van der Waals surface area contributed by atoms with E-state index in [2.05, 4.69) is 38.5 Å². The maximum atomic E-state index is 13.9. The molecule has 1 aliphatic carbocycles. The second-order valence-corrected chi connectivity index (χ2v) is 9.09.